The molecule has 1 aliphatic carbocycles. The zero-order chi connectivity index (χ0) is 13.1. The minimum atomic E-state index is 0.503. The molecule has 1 fully saturated rings. The maximum Gasteiger partial charge on any atom is 0.0174 e. The molecule has 0 saturated heterocycles. The first-order valence-electron chi connectivity index (χ1n) is 7.44. The van der Waals surface area contributed by atoms with Gasteiger partial charge >= 0.3 is 0 Å². The van der Waals surface area contributed by atoms with Crippen LogP contribution in [0.2, 0.25) is 0 Å². The fraction of sp³-hybridized carbons (Fsp3) is 1.00. The van der Waals surface area contributed by atoms with Crippen LogP contribution in [0.4, 0.5) is 0 Å². The monoisotopic (exact) mass is 302 g/mol. The van der Waals surface area contributed by atoms with Crippen molar-refractivity contribution in [2.75, 3.05) is 0 Å². The van der Waals surface area contributed by atoms with Crippen LogP contribution in [0.3, 0.4) is 0 Å². The minimum Gasteiger partial charge on any atom is -0.0888 e. The lowest BCUT2D eigenvalue weighted by atomic mass is 9.68. The molecular formula is C16H31Br. The van der Waals surface area contributed by atoms with Crippen LogP contribution in [0, 0.1) is 23.2 Å². The van der Waals surface area contributed by atoms with Crippen molar-refractivity contribution in [3.8, 4) is 0 Å². The lowest BCUT2D eigenvalue weighted by molar-refractivity contribution is 0.141. The molecule has 0 bridgehead atoms. The van der Waals surface area contributed by atoms with Gasteiger partial charge in [-0.3, -0.25) is 0 Å². The fourth-order valence-electron chi connectivity index (χ4n) is 3.10. The molecule has 1 heteroatoms. The smallest absolute Gasteiger partial charge is 0.0174 e. The molecule has 3 atom stereocenters. The fourth-order valence-corrected chi connectivity index (χ4v) is 3.85. The van der Waals surface area contributed by atoms with Gasteiger partial charge in [-0.2, -0.15) is 0 Å². The van der Waals surface area contributed by atoms with Gasteiger partial charge in [0.25, 0.3) is 0 Å². The average Bonchev–Trinajstić information content (AvgIpc) is 2.18. The largest absolute Gasteiger partial charge is 0.0888 e. The van der Waals surface area contributed by atoms with Crippen molar-refractivity contribution >= 4 is 15.9 Å². The van der Waals surface area contributed by atoms with Crippen molar-refractivity contribution in [3.05, 3.63) is 0 Å². The van der Waals surface area contributed by atoms with E-state index in [0.29, 0.717) is 5.41 Å². The third-order valence-corrected chi connectivity index (χ3v) is 5.68. The van der Waals surface area contributed by atoms with Crippen LogP contribution >= 0.6 is 15.9 Å². The molecule has 0 nitrogen and oxygen atoms in total. The average molecular weight is 303 g/mol. The van der Waals surface area contributed by atoms with E-state index in [2.05, 4.69) is 50.5 Å². The Morgan fingerprint density at radius 3 is 2.35 bits per heavy atom. The Morgan fingerprint density at radius 1 is 1.18 bits per heavy atom. The summed E-state index contributed by atoms with van der Waals surface area (Å²) in [4.78, 5) is 0.785. The molecule has 0 radical (unpaired) electrons. The molecule has 0 N–H and O–H groups in total. The summed E-state index contributed by atoms with van der Waals surface area (Å²) in [6.07, 6.45) is 8.49. The summed E-state index contributed by atoms with van der Waals surface area (Å²) in [5.74, 6) is 2.72. The van der Waals surface area contributed by atoms with Crippen LogP contribution < -0.4 is 0 Å². The number of hydrogen-bond acceptors (Lipinski definition) is 0. The van der Waals surface area contributed by atoms with E-state index in [9.17, 15) is 0 Å². The van der Waals surface area contributed by atoms with Gasteiger partial charge in [-0.05, 0) is 48.9 Å². The first-order valence-corrected chi connectivity index (χ1v) is 8.36. The molecule has 3 unspecified atom stereocenters. The van der Waals surface area contributed by atoms with Crippen molar-refractivity contribution in [3.63, 3.8) is 0 Å². The Hall–Kier alpha value is 0.480. The summed E-state index contributed by atoms with van der Waals surface area (Å²) < 4.78 is 0. The van der Waals surface area contributed by atoms with Crippen molar-refractivity contribution in [2.24, 2.45) is 23.2 Å². The van der Waals surface area contributed by atoms with E-state index < -0.39 is 0 Å². The van der Waals surface area contributed by atoms with Gasteiger partial charge in [-0.25, -0.2) is 0 Å². The van der Waals surface area contributed by atoms with Crippen LogP contribution in [0.25, 0.3) is 0 Å². The number of rotatable bonds is 4. The van der Waals surface area contributed by atoms with Gasteiger partial charge in [0.1, 0.15) is 0 Å². The van der Waals surface area contributed by atoms with Crippen molar-refractivity contribution < 1.29 is 0 Å². The summed E-state index contributed by atoms with van der Waals surface area (Å²) in [5, 5.41) is 0. The van der Waals surface area contributed by atoms with Gasteiger partial charge in [-0.15, -0.1) is 0 Å². The maximum atomic E-state index is 3.92. The van der Waals surface area contributed by atoms with E-state index in [4.69, 9.17) is 0 Å². The summed E-state index contributed by atoms with van der Waals surface area (Å²) in [6.45, 7) is 11.9. The topological polar surface area (TPSA) is 0 Å². The summed E-state index contributed by atoms with van der Waals surface area (Å²) in [5.41, 5.74) is 0.503. The number of halogens is 1. The maximum absolute atomic E-state index is 3.92. The molecule has 0 aromatic heterocycles. The molecule has 0 aliphatic heterocycles. The standard InChI is InChI=1S/C16H31Br/c1-12(2)7-6-8-13-11-14(16(3,4)5)9-10-15(13)17/h12-15H,6-11H2,1-5H3. The van der Waals surface area contributed by atoms with Crippen LogP contribution in [0.15, 0.2) is 0 Å². The van der Waals surface area contributed by atoms with E-state index >= 15 is 0 Å². The van der Waals surface area contributed by atoms with Crippen LogP contribution in [-0.2, 0) is 0 Å². The summed E-state index contributed by atoms with van der Waals surface area (Å²) in [6, 6.07) is 0. The molecule has 0 amide bonds. The highest BCUT2D eigenvalue weighted by Crippen LogP contribution is 2.44. The Balaban J connectivity index is 2.41. The minimum absolute atomic E-state index is 0.503. The Morgan fingerprint density at radius 2 is 1.82 bits per heavy atom. The van der Waals surface area contributed by atoms with Gasteiger partial charge in [0.05, 0.1) is 0 Å². The third kappa shape index (κ3) is 5.32. The predicted molar refractivity (Wildman–Crippen MR) is 81.7 cm³/mol. The Bertz CT molecular complexity index is 214. The van der Waals surface area contributed by atoms with Gasteiger partial charge < -0.3 is 0 Å². The second-order valence-electron chi connectivity index (χ2n) is 7.48. The van der Waals surface area contributed by atoms with E-state index in [0.717, 1.165) is 22.6 Å². The molecule has 102 valence electrons. The van der Waals surface area contributed by atoms with Crippen molar-refractivity contribution in [1.29, 1.82) is 0 Å². The highest BCUT2D eigenvalue weighted by Gasteiger charge is 2.34. The highest BCUT2D eigenvalue weighted by atomic mass is 79.9. The first-order chi connectivity index (χ1) is 7.80. The number of hydrogen-bond donors (Lipinski definition) is 0. The van der Waals surface area contributed by atoms with Crippen molar-refractivity contribution in [2.45, 2.75) is 78.0 Å². The van der Waals surface area contributed by atoms with Gasteiger partial charge in [0, 0.05) is 4.83 Å². The van der Waals surface area contributed by atoms with Crippen LogP contribution in [0.5, 0.6) is 0 Å². The summed E-state index contributed by atoms with van der Waals surface area (Å²) >= 11 is 3.92. The normalized spacial score (nSPS) is 30.9. The first kappa shape index (κ1) is 15.5. The summed E-state index contributed by atoms with van der Waals surface area (Å²) in [7, 11) is 0. The molecular weight excluding hydrogens is 272 g/mol. The Kier molecular flexibility index (Phi) is 6.02. The van der Waals surface area contributed by atoms with E-state index in [1.807, 2.05) is 0 Å². The molecule has 0 spiro atoms. The third-order valence-electron chi connectivity index (χ3n) is 4.47. The van der Waals surface area contributed by atoms with E-state index in [1.54, 1.807) is 0 Å². The van der Waals surface area contributed by atoms with E-state index in [-0.39, 0.29) is 0 Å². The molecule has 17 heavy (non-hydrogen) atoms. The van der Waals surface area contributed by atoms with Gasteiger partial charge in [0.15, 0.2) is 0 Å². The zero-order valence-electron chi connectivity index (χ0n) is 12.4. The molecule has 0 heterocycles. The van der Waals surface area contributed by atoms with E-state index in [1.165, 1.54) is 38.5 Å². The van der Waals surface area contributed by atoms with Gasteiger partial charge in [0.2, 0.25) is 0 Å². The predicted octanol–water partition coefficient (Wildman–Crippen LogP) is 6.04. The highest BCUT2D eigenvalue weighted by molar-refractivity contribution is 9.09. The number of alkyl halides is 1. The SMILES string of the molecule is CC(C)CCCC1CC(C(C)(C)C)CCC1Br. The van der Waals surface area contributed by atoms with Crippen LogP contribution in [0.1, 0.15) is 73.1 Å². The van der Waals surface area contributed by atoms with Gasteiger partial charge in [-0.1, -0.05) is 63.4 Å². The Labute approximate surface area is 117 Å². The lowest BCUT2D eigenvalue weighted by Gasteiger charge is -2.40. The molecule has 1 rings (SSSR count). The second kappa shape index (κ2) is 6.59. The second-order valence-corrected chi connectivity index (χ2v) is 8.65. The van der Waals surface area contributed by atoms with Crippen molar-refractivity contribution in [1.82, 2.24) is 0 Å². The lowest BCUT2D eigenvalue weighted by Crippen LogP contribution is -2.32. The quantitative estimate of drug-likeness (QED) is 0.555. The van der Waals surface area contributed by atoms with Crippen LogP contribution in [-0.4, -0.2) is 4.83 Å². The molecule has 0 aromatic carbocycles. The molecule has 0 aromatic rings. The zero-order valence-corrected chi connectivity index (χ0v) is 14.0. The molecule has 1 saturated carbocycles. The molecule has 1 aliphatic rings.